The molecule has 0 aromatic carbocycles. The first-order valence-electron chi connectivity index (χ1n) is 27.9. The Morgan fingerprint density at radius 3 is 0.956 bits per heavy atom. The van der Waals surface area contributed by atoms with Crippen molar-refractivity contribution in [3.05, 3.63) is 109 Å². The standard InChI is InChI=1S/C62H102O6/c1-4-7-10-13-16-18-20-21-22-23-24-25-26-27-28-29-30-31-32-33-34-35-36-37-38-39-40-41-43-44-46-49-52-55-61(64)67-58-59(57-66-60(63)54-51-48-15-12-9-6-3)68-62(65)56-53-50-47-45-42-19-17-14-11-8-5-2/h7,10,14,16-18,21-22,24-25,27-28,30-31,33-34,36-37,59H,4-6,8-9,11-13,15,19-20,23,26,29,32,35,38-58H2,1-3H3/b10-7-,17-14-,18-16-,22-21-,25-24-,28-27-,31-30-,34-33-,37-36-. The van der Waals surface area contributed by atoms with Crippen molar-refractivity contribution in [1.82, 2.24) is 0 Å². The summed E-state index contributed by atoms with van der Waals surface area (Å²) in [4.78, 5) is 37.7. The Bertz CT molecular complexity index is 1410. The Hall–Kier alpha value is -3.93. The van der Waals surface area contributed by atoms with Gasteiger partial charge in [-0.1, -0.05) is 233 Å². The first-order valence-corrected chi connectivity index (χ1v) is 27.9. The quantitative estimate of drug-likeness (QED) is 0.0262. The summed E-state index contributed by atoms with van der Waals surface area (Å²) in [6.07, 6.45) is 75.5. The van der Waals surface area contributed by atoms with Gasteiger partial charge in [0.2, 0.25) is 0 Å². The van der Waals surface area contributed by atoms with Crippen molar-refractivity contribution in [3.63, 3.8) is 0 Å². The van der Waals surface area contributed by atoms with E-state index in [1.807, 2.05) is 0 Å². The molecule has 0 radical (unpaired) electrons. The molecule has 0 fully saturated rings. The lowest BCUT2D eigenvalue weighted by molar-refractivity contribution is -0.167. The zero-order valence-corrected chi connectivity index (χ0v) is 44.1. The van der Waals surface area contributed by atoms with Crippen LogP contribution in [0.2, 0.25) is 0 Å². The molecule has 0 aliphatic heterocycles. The van der Waals surface area contributed by atoms with Crippen LogP contribution >= 0.6 is 0 Å². The Labute approximate surface area is 419 Å². The molecule has 6 heteroatoms. The Morgan fingerprint density at radius 2 is 0.588 bits per heavy atom. The van der Waals surface area contributed by atoms with E-state index in [-0.39, 0.29) is 31.1 Å². The van der Waals surface area contributed by atoms with Crippen molar-refractivity contribution < 1.29 is 28.6 Å². The van der Waals surface area contributed by atoms with E-state index in [2.05, 4.69) is 130 Å². The average Bonchev–Trinajstić information content (AvgIpc) is 3.34. The summed E-state index contributed by atoms with van der Waals surface area (Å²) in [5, 5.41) is 0. The number of esters is 3. The van der Waals surface area contributed by atoms with Crippen LogP contribution in [-0.4, -0.2) is 37.2 Å². The molecule has 386 valence electrons. The van der Waals surface area contributed by atoms with Crippen LogP contribution in [0.1, 0.15) is 245 Å². The largest absolute Gasteiger partial charge is 0.462 e. The molecule has 0 spiro atoms. The highest BCUT2D eigenvalue weighted by Crippen LogP contribution is 2.14. The monoisotopic (exact) mass is 943 g/mol. The van der Waals surface area contributed by atoms with Gasteiger partial charge in [-0.05, 0) is 103 Å². The minimum atomic E-state index is -0.781. The summed E-state index contributed by atoms with van der Waals surface area (Å²) in [5.74, 6) is -0.916. The van der Waals surface area contributed by atoms with Crippen LogP contribution in [0, 0.1) is 0 Å². The molecule has 6 nitrogen and oxygen atoms in total. The molecule has 0 aromatic rings. The highest BCUT2D eigenvalue weighted by atomic mass is 16.6. The minimum Gasteiger partial charge on any atom is -0.462 e. The topological polar surface area (TPSA) is 78.9 Å². The molecule has 0 aliphatic carbocycles. The number of hydrogen-bond acceptors (Lipinski definition) is 6. The van der Waals surface area contributed by atoms with Gasteiger partial charge in [0, 0.05) is 19.3 Å². The molecule has 1 unspecified atom stereocenters. The zero-order valence-electron chi connectivity index (χ0n) is 44.1. The molecule has 0 amide bonds. The van der Waals surface area contributed by atoms with E-state index in [0.717, 1.165) is 128 Å². The van der Waals surface area contributed by atoms with Gasteiger partial charge >= 0.3 is 17.9 Å². The molecule has 0 saturated heterocycles. The maximum absolute atomic E-state index is 12.7. The predicted molar refractivity (Wildman–Crippen MR) is 293 cm³/mol. The molecule has 68 heavy (non-hydrogen) atoms. The first-order chi connectivity index (χ1) is 33.5. The second-order valence-electron chi connectivity index (χ2n) is 18.1. The van der Waals surface area contributed by atoms with Crippen molar-refractivity contribution in [3.8, 4) is 0 Å². The fourth-order valence-electron chi connectivity index (χ4n) is 7.32. The van der Waals surface area contributed by atoms with Crippen molar-refractivity contribution in [2.45, 2.75) is 252 Å². The summed E-state index contributed by atoms with van der Waals surface area (Å²) >= 11 is 0. The third-order valence-electron chi connectivity index (χ3n) is 11.5. The van der Waals surface area contributed by atoms with E-state index >= 15 is 0 Å². The van der Waals surface area contributed by atoms with Crippen molar-refractivity contribution >= 4 is 17.9 Å². The first kappa shape index (κ1) is 64.1. The van der Waals surface area contributed by atoms with E-state index in [9.17, 15) is 14.4 Å². The number of unbranched alkanes of at least 4 members (excludes halogenated alkanes) is 20. The van der Waals surface area contributed by atoms with E-state index in [4.69, 9.17) is 14.2 Å². The Morgan fingerprint density at radius 1 is 0.309 bits per heavy atom. The van der Waals surface area contributed by atoms with Gasteiger partial charge in [-0.15, -0.1) is 0 Å². The predicted octanol–water partition coefficient (Wildman–Crippen LogP) is 18.7. The van der Waals surface area contributed by atoms with Crippen LogP contribution in [0.4, 0.5) is 0 Å². The molecule has 0 N–H and O–H groups in total. The van der Waals surface area contributed by atoms with Crippen molar-refractivity contribution in [2.75, 3.05) is 13.2 Å². The third kappa shape index (κ3) is 53.0. The SMILES string of the molecule is CC/C=C\C/C=C\C/C=C\C/C=C\C/C=C\C/C=C\C/C=C\C/C=C\CCCCCCCCCCC(=O)OCC(COC(=O)CCCCCCCC)OC(=O)CCCCCCC/C=C\CCCC. The van der Waals surface area contributed by atoms with Gasteiger partial charge in [0.05, 0.1) is 0 Å². The van der Waals surface area contributed by atoms with E-state index < -0.39 is 6.10 Å². The fraction of sp³-hybridized carbons (Fsp3) is 0.661. The summed E-state index contributed by atoms with van der Waals surface area (Å²) < 4.78 is 16.7. The fourth-order valence-corrected chi connectivity index (χ4v) is 7.32. The van der Waals surface area contributed by atoms with Crippen LogP contribution in [0.15, 0.2) is 109 Å². The summed E-state index contributed by atoms with van der Waals surface area (Å²) in [6.45, 7) is 6.40. The second-order valence-corrected chi connectivity index (χ2v) is 18.1. The summed E-state index contributed by atoms with van der Waals surface area (Å²) in [5.41, 5.74) is 0. The van der Waals surface area contributed by atoms with E-state index in [1.165, 1.54) is 77.0 Å². The van der Waals surface area contributed by atoms with Gasteiger partial charge < -0.3 is 14.2 Å². The maximum Gasteiger partial charge on any atom is 0.306 e. The Kier molecular flexibility index (Phi) is 52.4. The molecule has 0 heterocycles. The van der Waals surface area contributed by atoms with Gasteiger partial charge in [0.15, 0.2) is 6.10 Å². The zero-order chi connectivity index (χ0) is 49.3. The molecule has 0 aliphatic rings. The maximum atomic E-state index is 12.7. The Balaban J connectivity index is 4.07. The number of carbonyl (C=O) groups excluding carboxylic acids is 3. The van der Waals surface area contributed by atoms with Crippen LogP contribution < -0.4 is 0 Å². The molecular weight excluding hydrogens is 841 g/mol. The van der Waals surface area contributed by atoms with Gasteiger partial charge in [-0.25, -0.2) is 0 Å². The third-order valence-corrected chi connectivity index (χ3v) is 11.5. The van der Waals surface area contributed by atoms with E-state index in [1.54, 1.807) is 0 Å². The lowest BCUT2D eigenvalue weighted by Crippen LogP contribution is -2.30. The minimum absolute atomic E-state index is 0.0839. The average molecular weight is 943 g/mol. The smallest absolute Gasteiger partial charge is 0.306 e. The summed E-state index contributed by atoms with van der Waals surface area (Å²) in [6, 6.07) is 0. The lowest BCUT2D eigenvalue weighted by atomic mass is 10.1. The highest BCUT2D eigenvalue weighted by Gasteiger charge is 2.19. The van der Waals surface area contributed by atoms with Crippen molar-refractivity contribution in [2.24, 2.45) is 0 Å². The van der Waals surface area contributed by atoms with Gasteiger partial charge in [0.25, 0.3) is 0 Å². The molecule has 0 saturated carbocycles. The highest BCUT2D eigenvalue weighted by molar-refractivity contribution is 5.71. The second kappa shape index (κ2) is 55.7. The van der Waals surface area contributed by atoms with Crippen LogP contribution in [0.25, 0.3) is 0 Å². The van der Waals surface area contributed by atoms with E-state index in [0.29, 0.717) is 19.3 Å². The molecule has 0 rings (SSSR count). The summed E-state index contributed by atoms with van der Waals surface area (Å²) in [7, 11) is 0. The molecule has 0 bridgehead atoms. The number of hydrogen-bond donors (Lipinski definition) is 0. The number of carbonyl (C=O) groups is 3. The molecule has 0 aromatic heterocycles. The molecule has 1 atom stereocenters. The molecular formula is C62H102O6. The number of allylic oxidation sites excluding steroid dienone is 18. The van der Waals surface area contributed by atoms with Crippen molar-refractivity contribution in [1.29, 1.82) is 0 Å². The van der Waals surface area contributed by atoms with Gasteiger partial charge in [0.1, 0.15) is 13.2 Å². The van der Waals surface area contributed by atoms with Crippen LogP contribution in [-0.2, 0) is 28.6 Å². The number of ether oxygens (including phenoxy) is 3. The number of rotatable bonds is 49. The van der Waals surface area contributed by atoms with Gasteiger partial charge in [-0.2, -0.15) is 0 Å². The van der Waals surface area contributed by atoms with Crippen LogP contribution in [0.3, 0.4) is 0 Å². The van der Waals surface area contributed by atoms with Gasteiger partial charge in [-0.3, -0.25) is 14.4 Å². The lowest BCUT2D eigenvalue weighted by Gasteiger charge is -2.18. The van der Waals surface area contributed by atoms with Crippen LogP contribution in [0.5, 0.6) is 0 Å². The normalized spacial score (nSPS) is 12.9.